The highest BCUT2D eigenvalue weighted by molar-refractivity contribution is 6.09. The van der Waals surface area contributed by atoms with E-state index >= 15 is 0 Å². The van der Waals surface area contributed by atoms with Gasteiger partial charge in [-0.05, 0) is 60.9 Å². The van der Waals surface area contributed by atoms with E-state index in [1.54, 1.807) is 0 Å². The highest BCUT2D eigenvalue weighted by Crippen LogP contribution is 2.30. The molecule has 0 saturated heterocycles. The van der Waals surface area contributed by atoms with Crippen molar-refractivity contribution in [2.75, 3.05) is 6.61 Å². The van der Waals surface area contributed by atoms with Gasteiger partial charge in [-0.2, -0.15) is 0 Å². The number of aryl methyl sites for hydroxylation is 1. The van der Waals surface area contributed by atoms with E-state index in [0.29, 0.717) is 6.61 Å². The lowest BCUT2D eigenvalue weighted by molar-refractivity contribution is 0.103. The number of hydrogen-bond acceptors (Lipinski definition) is 2. The van der Waals surface area contributed by atoms with Crippen molar-refractivity contribution in [1.29, 1.82) is 0 Å². The summed E-state index contributed by atoms with van der Waals surface area (Å²) < 4.78 is 5.55. The Hall–Kier alpha value is -2.87. The molecule has 0 aromatic heterocycles. The smallest absolute Gasteiger partial charge is 0.193 e. The number of hydrogen-bond donors (Lipinski definition) is 0. The van der Waals surface area contributed by atoms with E-state index in [-0.39, 0.29) is 11.2 Å². The minimum Gasteiger partial charge on any atom is -0.494 e. The third kappa shape index (κ3) is 5.57. The van der Waals surface area contributed by atoms with Crippen LogP contribution >= 0.6 is 0 Å². The summed E-state index contributed by atoms with van der Waals surface area (Å²) in [6.45, 7) is 7.27. The monoisotopic (exact) mass is 386 g/mol. The minimum atomic E-state index is 0.0853. The molecular formula is C27H30O2. The van der Waals surface area contributed by atoms with Crippen LogP contribution in [0.15, 0.2) is 78.9 Å². The number of benzene rings is 3. The predicted octanol–water partition coefficient (Wildman–Crippen LogP) is 6.62. The molecule has 2 nitrogen and oxygen atoms in total. The summed E-state index contributed by atoms with van der Waals surface area (Å²) in [5.41, 5.74) is 4.14. The summed E-state index contributed by atoms with van der Waals surface area (Å²) in [5, 5.41) is 0. The van der Waals surface area contributed by atoms with E-state index in [4.69, 9.17) is 4.74 Å². The molecule has 0 radical (unpaired) electrons. The third-order valence-electron chi connectivity index (χ3n) is 5.44. The van der Waals surface area contributed by atoms with Gasteiger partial charge in [0.15, 0.2) is 5.78 Å². The van der Waals surface area contributed by atoms with E-state index < -0.39 is 0 Å². The lowest BCUT2D eigenvalue weighted by Gasteiger charge is -2.25. The normalized spacial score (nSPS) is 11.3. The Morgan fingerprint density at radius 3 is 2.24 bits per heavy atom. The summed E-state index contributed by atoms with van der Waals surface area (Å²) in [6, 6.07) is 26.0. The van der Waals surface area contributed by atoms with Crippen LogP contribution in [0.1, 0.15) is 60.7 Å². The fraction of sp³-hybridized carbons (Fsp3) is 0.296. The lowest BCUT2D eigenvalue weighted by atomic mass is 9.80. The van der Waals surface area contributed by atoms with Crippen LogP contribution in [-0.2, 0) is 11.8 Å². The van der Waals surface area contributed by atoms with Crippen molar-refractivity contribution in [3.8, 4) is 5.75 Å². The topological polar surface area (TPSA) is 26.3 Å². The van der Waals surface area contributed by atoms with Gasteiger partial charge in [0.05, 0.1) is 6.61 Å². The molecule has 29 heavy (non-hydrogen) atoms. The van der Waals surface area contributed by atoms with Crippen LogP contribution in [0, 0.1) is 0 Å². The summed E-state index contributed by atoms with van der Waals surface area (Å²) in [7, 11) is 0. The van der Waals surface area contributed by atoms with Gasteiger partial charge in [0.25, 0.3) is 0 Å². The van der Waals surface area contributed by atoms with E-state index in [1.165, 1.54) is 11.1 Å². The highest BCUT2D eigenvalue weighted by Gasteiger charge is 2.20. The van der Waals surface area contributed by atoms with Crippen LogP contribution in [0.3, 0.4) is 0 Å². The average Bonchev–Trinajstić information content (AvgIpc) is 2.74. The van der Waals surface area contributed by atoms with Gasteiger partial charge in [-0.15, -0.1) is 0 Å². The molecule has 3 rings (SSSR count). The maximum Gasteiger partial charge on any atom is 0.193 e. The molecule has 0 saturated carbocycles. The molecular weight excluding hydrogens is 356 g/mol. The van der Waals surface area contributed by atoms with Crippen molar-refractivity contribution >= 4 is 5.78 Å². The zero-order chi connectivity index (χ0) is 20.7. The fourth-order valence-corrected chi connectivity index (χ4v) is 3.67. The van der Waals surface area contributed by atoms with Gasteiger partial charge >= 0.3 is 0 Å². The first-order valence-electron chi connectivity index (χ1n) is 10.4. The van der Waals surface area contributed by atoms with Crippen molar-refractivity contribution in [1.82, 2.24) is 0 Å². The molecule has 150 valence electrons. The van der Waals surface area contributed by atoms with E-state index in [2.05, 4.69) is 44.2 Å². The Labute approximate surface area is 174 Å². The van der Waals surface area contributed by atoms with Gasteiger partial charge in [0, 0.05) is 11.1 Å². The molecule has 3 aromatic rings. The summed E-state index contributed by atoms with van der Waals surface area (Å²) in [4.78, 5) is 12.7. The lowest BCUT2D eigenvalue weighted by Crippen LogP contribution is -2.17. The van der Waals surface area contributed by atoms with Gasteiger partial charge in [-0.1, -0.05) is 74.5 Å². The van der Waals surface area contributed by atoms with Gasteiger partial charge in [0.1, 0.15) is 5.75 Å². The van der Waals surface area contributed by atoms with Crippen molar-refractivity contribution in [2.24, 2.45) is 0 Å². The standard InChI is InChI=1S/C27H30O2/c1-4-29-25-17-15-24(16-18-25)27(2,3)19-9-11-21-10-8-14-23(20-21)26(28)22-12-6-5-7-13-22/h5-8,10,12-18,20H,4,9,11,19H2,1-3H3. The van der Waals surface area contributed by atoms with Crippen molar-refractivity contribution in [2.45, 2.75) is 45.4 Å². The molecule has 0 aliphatic carbocycles. The predicted molar refractivity (Wildman–Crippen MR) is 120 cm³/mol. The zero-order valence-corrected chi connectivity index (χ0v) is 17.7. The summed E-state index contributed by atoms with van der Waals surface area (Å²) >= 11 is 0. The summed E-state index contributed by atoms with van der Waals surface area (Å²) in [6.07, 6.45) is 3.12. The summed E-state index contributed by atoms with van der Waals surface area (Å²) in [5.74, 6) is 1.01. The molecule has 0 atom stereocenters. The first kappa shape index (κ1) is 20.9. The molecule has 3 aromatic carbocycles. The van der Waals surface area contributed by atoms with Crippen molar-refractivity contribution < 1.29 is 9.53 Å². The van der Waals surface area contributed by atoms with Crippen LogP contribution in [0.5, 0.6) is 5.75 Å². The Balaban J connectivity index is 1.60. The Bertz CT molecular complexity index is 924. The second-order valence-corrected chi connectivity index (χ2v) is 8.09. The molecule has 0 aliphatic heterocycles. The van der Waals surface area contributed by atoms with E-state index in [1.807, 2.05) is 55.5 Å². The van der Waals surface area contributed by atoms with Crippen LogP contribution < -0.4 is 4.74 Å². The van der Waals surface area contributed by atoms with Gasteiger partial charge in [0.2, 0.25) is 0 Å². The molecule has 0 spiro atoms. The third-order valence-corrected chi connectivity index (χ3v) is 5.44. The van der Waals surface area contributed by atoms with Crippen LogP contribution in [-0.4, -0.2) is 12.4 Å². The second kappa shape index (κ2) is 9.56. The Kier molecular flexibility index (Phi) is 6.87. The quantitative estimate of drug-likeness (QED) is 0.386. The average molecular weight is 387 g/mol. The highest BCUT2D eigenvalue weighted by atomic mass is 16.5. The molecule has 0 heterocycles. The van der Waals surface area contributed by atoms with E-state index in [0.717, 1.165) is 36.1 Å². The van der Waals surface area contributed by atoms with Crippen LogP contribution in [0.25, 0.3) is 0 Å². The van der Waals surface area contributed by atoms with E-state index in [9.17, 15) is 4.79 Å². The van der Waals surface area contributed by atoms with Gasteiger partial charge < -0.3 is 4.74 Å². The first-order valence-corrected chi connectivity index (χ1v) is 10.4. The minimum absolute atomic E-state index is 0.0853. The van der Waals surface area contributed by atoms with Gasteiger partial charge in [-0.3, -0.25) is 4.79 Å². The number of ether oxygens (including phenoxy) is 1. The fourth-order valence-electron chi connectivity index (χ4n) is 3.67. The number of carbonyl (C=O) groups is 1. The van der Waals surface area contributed by atoms with Crippen molar-refractivity contribution in [3.05, 3.63) is 101 Å². The number of carbonyl (C=O) groups excluding carboxylic acids is 1. The Morgan fingerprint density at radius 2 is 1.55 bits per heavy atom. The molecule has 0 unspecified atom stereocenters. The SMILES string of the molecule is CCOc1ccc(C(C)(C)CCCc2cccc(C(=O)c3ccccc3)c2)cc1. The van der Waals surface area contributed by atoms with Crippen molar-refractivity contribution in [3.63, 3.8) is 0 Å². The molecule has 0 N–H and O–H groups in total. The maximum atomic E-state index is 12.7. The number of rotatable bonds is 9. The zero-order valence-electron chi connectivity index (χ0n) is 17.7. The largest absolute Gasteiger partial charge is 0.494 e. The van der Waals surface area contributed by atoms with Crippen LogP contribution in [0.4, 0.5) is 0 Å². The number of ketones is 1. The molecule has 0 aliphatic rings. The maximum absolute atomic E-state index is 12.7. The first-order chi connectivity index (χ1) is 14.0. The second-order valence-electron chi connectivity index (χ2n) is 8.09. The molecule has 2 heteroatoms. The molecule has 0 amide bonds. The van der Waals surface area contributed by atoms with Gasteiger partial charge in [-0.25, -0.2) is 0 Å². The van der Waals surface area contributed by atoms with Crippen LogP contribution in [0.2, 0.25) is 0 Å². The molecule has 0 fully saturated rings. The molecule has 0 bridgehead atoms. The Morgan fingerprint density at radius 1 is 0.862 bits per heavy atom.